The normalized spacial score (nSPS) is 10.5. The van der Waals surface area contributed by atoms with E-state index in [1.807, 2.05) is 30.3 Å². The van der Waals surface area contributed by atoms with Gasteiger partial charge in [-0.05, 0) is 12.1 Å². The van der Waals surface area contributed by atoms with Gasteiger partial charge in [0.05, 0.1) is 23.1 Å². The van der Waals surface area contributed by atoms with Crippen molar-refractivity contribution in [2.45, 2.75) is 0 Å². The predicted molar refractivity (Wildman–Crippen MR) is 78.3 cm³/mol. The third-order valence-electron chi connectivity index (χ3n) is 3.15. The molecule has 2 aromatic carbocycles. The molecule has 110 valence electrons. The van der Waals surface area contributed by atoms with E-state index in [0.717, 1.165) is 11.6 Å². The van der Waals surface area contributed by atoms with Crippen molar-refractivity contribution in [1.82, 2.24) is 10.2 Å². The fraction of sp³-hybridized carbons (Fsp3) is 0. The van der Waals surface area contributed by atoms with Crippen molar-refractivity contribution in [3.05, 3.63) is 71.9 Å². The molecule has 0 aliphatic rings. The number of aromatic nitrogens is 2. The van der Waals surface area contributed by atoms with Crippen LogP contribution in [-0.4, -0.2) is 16.1 Å². The molecule has 0 aliphatic heterocycles. The molecule has 0 aliphatic carbocycles. The lowest BCUT2D eigenvalue weighted by atomic mass is 10.1. The third-order valence-corrected chi connectivity index (χ3v) is 3.15. The molecule has 2 N–H and O–H groups in total. The average molecular weight is 299 g/mol. The summed E-state index contributed by atoms with van der Waals surface area (Å²) in [7, 11) is 0. The molecule has 0 fully saturated rings. The number of carbonyl (C=O) groups is 1. The smallest absolute Gasteiger partial charge is 0.258 e. The van der Waals surface area contributed by atoms with E-state index in [9.17, 15) is 13.6 Å². The first-order valence-electron chi connectivity index (χ1n) is 6.51. The van der Waals surface area contributed by atoms with Crippen molar-refractivity contribution in [3.63, 3.8) is 0 Å². The molecule has 0 saturated carbocycles. The van der Waals surface area contributed by atoms with Gasteiger partial charge in [0.1, 0.15) is 0 Å². The molecular weight excluding hydrogens is 288 g/mol. The van der Waals surface area contributed by atoms with Crippen LogP contribution in [0.2, 0.25) is 0 Å². The highest BCUT2D eigenvalue weighted by Gasteiger charge is 2.17. The highest BCUT2D eigenvalue weighted by molar-refractivity contribution is 6.06. The Kier molecular flexibility index (Phi) is 3.65. The van der Waals surface area contributed by atoms with Gasteiger partial charge in [0.15, 0.2) is 11.6 Å². The molecule has 0 unspecified atom stereocenters. The Labute approximate surface area is 124 Å². The molecule has 22 heavy (non-hydrogen) atoms. The molecular formula is C16H11F2N3O. The van der Waals surface area contributed by atoms with Gasteiger partial charge in [0, 0.05) is 5.56 Å². The number of H-pyrrole nitrogens is 1. The molecule has 3 aromatic rings. The maximum absolute atomic E-state index is 13.6. The summed E-state index contributed by atoms with van der Waals surface area (Å²) in [5, 5.41) is 9.18. The number of nitrogens with one attached hydrogen (secondary N) is 2. The van der Waals surface area contributed by atoms with Crippen molar-refractivity contribution in [2.75, 3.05) is 5.32 Å². The number of rotatable bonds is 3. The number of benzene rings is 2. The summed E-state index contributed by atoms with van der Waals surface area (Å²) in [4.78, 5) is 12.1. The lowest BCUT2D eigenvalue weighted by Crippen LogP contribution is -2.14. The largest absolute Gasteiger partial charge is 0.319 e. The Morgan fingerprint density at radius 1 is 1.05 bits per heavy atom. The summed E-state index contributed by atoms with van der Waals surface area (Å²) in [5.74, 6) is -2.98. The maximum atomic E-state index is 13.6. The predicted octanol–water partition coefficient (Wildman–Crippen LogP) is 3.61. The highest BCUT2D eigenvalue weighted by atomic mass is 19.2. The molecule has 0 radical (unpaired) electrons. The lowest BCUT2D eigenvalue weighted by Gasteiger charge is -2.07. The number of amides is 1. The average Bonchev–Trinajstić information content (AvgIpc) is 2.99. The summed E-state index contributed by atoms with van der Waals surface area (Å²) < 4.78 is 26.8. The third kappa shape index (κ3) is 2.58. The van der Waals surface area contributed by atoms with Gasteiger partial charge >= 0.3 is 0 Å². The summed E-state index contributed by atoms with van der Waals surface area (Å²) in [6.45, 7) is 0. The molecule has 6 heteroatoms. The number of hydrogen-bond acceptors (Lipinski definition) is 2. The van der Waals surface area contributed by atoms with E-state index >= 15 is 0 Å². The second-order valence-corrected chi connectivity index (χ2v) is 4.58. The van der Waals surface area contributed by atoms with Crippen LogP contribution < -0.4 is 5.32 Å². The van der Waals surface area contributed by atoms with E-state index in [2.05, 4.69) is 15.5 Å². The summed E-state index contributed by atoms with van der Waals surface area (Å²) in [6, 6.07) is 12.7. The quantitative estimate of drug-likeness (QED) is 0.776. The Morgan fingerprint density at radius 2 is 1.82 bits per heavy atom. The highest BCUT2D eigenvalue weighted by Crippen LogP contribution is 2.25. The lowest BCUT2D eigenvalue weighted by molar-refractivity contribution is 0.102. The first kappa shape index (κ1) is 13.9. The van der Waals surface area contributed by atoms with Gasteiger partial charge in [-0.15, -0.1) is 0 Å². The van der Waals surface area contributed by atoms with Gasteiger partial charge in [0.25, 0.3) is 5.91 Å². The minimum atomic E-state index is -1.18. The van der Waals surface area contributed by atoms with Crippen molar-refractivity contribution in [3.8, 4) is 11.3 Å². The number of carbonyl (C=O) groups excluding carboxylic acids is 1. The second kappa shape index (κ2) is 5.77. The van der Waals surface area contributed by atoms with Gasteiger partial charge in [-0.2, -0.15) is 5.10 Å². The topological polar surface area (TPSA) is 57.8 Å². The molecule has 4 nitrogen and oxygen atoms in total. The monoisotopic (exact) mass is 299 g/mol. The van der Waals surface area contributed by atoms with Crippen molar-refractivity contribution >= 4 is 11.6 Å². The second-order valence-electron chi connectivity index (χ2n) is 4.58. The fourth-order valence-corrected chi connectivity index (χ4v) is 2.07. The maximum Gasteiger partial charge on any atom is 0.258 e. The number of hydrogen-bond donors (Lipinski definition) is 2. The van der Waals surface area contributed by atoms with Gasteiger partial charge in [-0.25, -0.2) is 8.78 Å². The zero-order chi connectivity index (χ0) is 15.5. The van der Waals surface area contributed by atoms with Crippen molar-refractivity contribution in [2.24, 2.45) is 0 Å². The van der Waals surface area contributed by atoms with Crippen LogP contribution in [0.4, 0.5) is 14.5 Å². The molecule has 0 bridgehead atoms. The number of halogens is 2. The fourth-order valence-electron chi connectivity index (χ4n) is 2.07. The first-order valence-corrected chi connectivity index (χ1v) is 6.51. The van der Waals surface area contributed by atoms with E-state index in [1.54, 1.807) is 0 Å². The zero-order valence-electron chi connectivity index (χ0n) is 11.3. The summed E-state index contributed by atoms with van der Waals surface area (Å²) in [5.41, 5.74) is 1.43. The van der Waals surface area contributed by atoms with Crippen LogP contribution in [0.15, 0.2) is 54.7 Å². The number of nitrogens with zero attached hydrogens (tertiary/aromatic N) is 1. The Balaban J connectivity index is 1.90. The van der Waals surface area contributed by atoms with E-state index in [1.165, 1.54) is 18.3 Å². The van der Waals surface area contributed by atoms with Crippen LogP contribution in [0.3, 0.4) is 0 Å². The number of aromatic amines is 1. The zero-order valence-corrected chi connectivity index (χ0v) is 11.3. The van der Waals surface area contributed by atoms with Crippen LogP contribution in [0.25, 0.3) is 11.3 Å². The molecule has 3 rings (SSSR count). The van der Waals surface area contributed by atoms with Crippen molar-refractivity contribution < 1.29 is 13.6 Å². The van der Waals surface area contributed by atoms with Crippen LogP contribution in [0.5, 0.6) is 0 Å². The van der Waals surface area contributed by atoms with Crippen LogP contribution in [0.1, 0.15) is 10.4 Å². The Bertz CT molecular complexity index is 815. The summed E-state index contributed by atoms with van der Waals surface area (Å²) in [6.07, 6.45) is 1.41. The molecule has 1 amide bonds. The van der Waals surface area contributed by atoms with E-state index in [0.29, 0.717) is 11.4 Å². The standard InChI is InChI=1S/C16H11F2N3O/c17-12-8-4-7-11(14(12)18)16(22)20-13-9-19-21-15(13)10-5-2-1-3-6-10/h1-9H,(H,19,21)(H,20,22). The van der Waals surface area contributed by atoms with Gasteiger partial charge in [0.2, 0.25) is 0 Å². The SMILES string of the molecule is O=C(Nc1cn[nH]c1-c1ccccc1)c1cccc(F)c1F. The molecule has 0 atom stereocenters. The van der Waals surface area contributed by atoms with Gasteiger partial charge in [-0.1, -0.05) is 36.4 Å². The van der Waals surface area contributed by atoms with Gasteiger partial charge in [-0.3, -0.25) is 9.89 Å². The van der Waals surface area contributed by atoms with E-state index in [-0.39, 0.29) is 5.56 Å². The molecule has 1 aromatic heterocycles. The summed E-state index contributed by atoms with van der Waals surface area (Å²) >= 11 is 0. The van der Waals surface area contributed by atoms with E-state index < -0.39 is 17.5 Å². The minimum absolute atomic E-state index is 0.361. The van der Waals surface area contributed by atoms with Crippen molar-refractivity contribution in [1.29, 1.82) is 0 Å². The van der Waals surface area contributed by atoms with Crippen LogP contribution in [0, 0.1) is 11.6 Å². The Hall–Kier alpha value is -3.02. The Morgan fingerprint density at radius 3 is 2.59 bits per heavy atom. The number of anilines is 1. The molecule has 1 heterocycles. The molecule has 0 saturated heterocycles. The van der Waals surface area contributed by atoms with Crippen LogP contribution in [-0.2, 0) is 0 Å². The molecule has 0 spiro atoms. The van der Waals surface area contributed by atoms with E-state index in [4.69, 9.17) is 0 Å². The van der Waals surface area contributed by atoms with Gasteiger partial charge < -0.3 is 5.32 Å². The minimum Gasteiger partial charge on any atom is -0.319 e. The first-order chi connectivity index (χ1) is 10.7. The van der Waals surface area contributed by atoms with Crippen LogP contribution >= 0.6 is 0 Å².